The largest absolute Gasteiger partial charge is 0.348 e. The van der Waals surface area contributed by atoms with Crippen LogP contribution in [0.1, 0.15) is 45.8 Å². The molecule has 35 heavy (non-hydrogen) atoms. The highest BCUT2D eigenvalue weighted by Crippen LogP contribution is 2.41. The van der Waals surface area contributed by atoms with Crippen LogP contribution < -0.4 is 10.6 Å². The number of piperidine rings is 1. The average Bonchev–Trinajstić information content (AvgIpc) is 3.23. The van der Waals surface area contributed by atoms with Crippen LogP contribution in [0.3, 0.4) is 0 Å². The fourth-order valence-electron chi connectivity index (χ4n) is 5.05. The van der Waals surface area contributed by atoms with Crippen LogP contribution in [0.25, 0.3) is 0 Å². The minimum absolute atomic E-state index is 0.0259. The summed E-state index contributed by atoms with van der Waals surface area (Å²) in [6.07, 6.45) is 5.33. The molecule has 7 nitrogen and oxygen atoms in total. The Labute approximate surface area is 204 Å². The molecule has 2 aliphatic heterocycles. The number of rotatable bonds is 6. The Hall–Kier alpha value is -4.00. The number of pyridine rings is 1. The summed E-state index contributed by atoms with van der Waals surface area (Å²) in [7, 11) is 0. The molecule has 1 atom stereocenters. The number of nitrogens with one attached hydrogen (secondary N) is 2. The lowest BCUT2D eigenvalue weighted by Gasteiger charge is -2.34. The van der Waals surface area contributed by atoms with E-state index in [1.165, 1.54) is 0 Å². The number of aromatic nitrogens is 1. The summed E-state index contributed by atoms with van der Waals surface area (Å²) in [4.78, 5) is 44.4. The van der Waals surface area contributed by atoms with Crippen LogP contribution in [0.2, 0.25) is 0 Å². The van der Waals surface area contributed by atoms with Gasteiger partial charge in [-0.25, -0.2) is 0 Å². The van der Waals surface area contributed by atoms with E-state index in [-0.39, 0.29) is 29.6 Å². The van der Waals surface area contributed by atoms with Crippen molar-refractivity contribution in [2.24, 2.45) is 5.92 Å². The second-order valence-electron chi connectivity index (χ2n) is 9.19. The predicted molar refractivity (Wildman–Crippen MR) is 133 cm³/mol. The molecule has 7 heteroatoms. The summed E-state index contributed by atoms with van der Waals surface area (Å²) in [5, 5.41) is 5.90. The van der Waals surface area contributed by atoms with Gasteiger partial charge in [-0.3, -0.25) is 19.4 Å². The molecular weight excluding hydrogens is 440 g/mol. The molecule has 2 N–H and O–H groups in total. The number of carbonyl (C=O) groups is 3. The first-order chi connectivity index (χ1) is 17.1. The molecule has 1 saturated heterocycles. The lowest BCUT2D eigenvalue weighted by atomic mass is 9.80. The van der Waals surface area contributed by atoms with Crippen molar-refractivity contribution in [3.8, 4) is 0 Å². The zero-order chi connectivity index (χ0) is 24.2. The van der Waals surface area contributed by atoms with E-state index in [0.717, 1.165) is 35.2 Å². The predicted octanol–water partition coefficient (Wildman–Crippen LogP) is 3.53. The minimum Gasteiger partial charge on any atom is -0.348 e. The van der Waals surface area contributed by atoms with Crippen molar-refractivity contribution in [1.82, 2.24) is 15.2 Å². The maximum absolute atomic E-state index is 12.9. The first kappa shape index (κ1) is 22.8. The highest BCUT2D eigenvalue weighted by Gasteiger charge is 2.39. The molecule has 2 aromatic carbocycles. The molecule has 3 heterocycles. The fourth-order valence-corrected chi connectivity index (χ4v) is 5.05. The molecule has 0 saturated carbocycles. The molecule has 0 unspecified atom stereocenters. The minimum atomic E-state index is -0.303. The van der Waals surface area contributed by atoms with Gasteiger partial charge in [0.1, 0.15) is 0 Å². The van der Waals surface area contributed by atoms with Crippen molar-refractivity contribution in [3.05, 3.63) is 95.3 Å². The number of anilines is 1. The molecule has 0 radical (unpaired) electrons. The summed E-state index contributed by atoms with van der Waals surface area (Å²) >= 11 is 0. The standard InChI is InChI=1S/C28H28N4O3/c33-25(15-19-5-2-1-3-6-19)32-13-10-21(11-14-32)26-23-16-22(8-9-24(23)31-28(26)35)27(34)30-18-20-7-4-12-29-17-20/h1-9,12,16-17,21,26H,10-11,13-15,18H2,(H,30,34)(H,31,35)/t26-/m0/s1. The lowest BCUT2D eigenvalue weighted by Crippen LogP contribution is -2.41. The van der Waals surface area contributed by atoms with E-state index in [0.29, 0.717) is 31.6 Å². The van der Waals surface area contributed by atoms with Crippen LogP contribution in [0.5, 0.6) is 0 Å². The van der Waals surface area contributed by atoms with E-state index in [1.807, 2.05) is 59.5 Å². The monoisotopic (exact) mass is 468 g/mol. The molecule has 178 valence electrons. The van der Waals surface area contributed by atoms with Crippen LogP contribution in [0.4, 0.5) is 5.69 Å². The summed E-state index contributed by atoms with van der Waals surface area (Å²) in [6, 6.07) is 18.9. The van der Waals surface area contributed by atoms with Gasteiger partial charge in [-0.05, 0) is 59.7 Å². The number of likely N-dealkylation sites (tertiary alicyclic amines) is 1. The van der Waals surface area contributed by atoms with E-state index in [4.69, 9.17) is 0 Å². The number of hydrogen-bond acceptors (Lipinski definition) is 4. The topological polar surface area (TPSA) is 91.4 Å². The summed E-state index contributed by atoms with van der Waals surface area (Å²) in [6.45, 7) is 1.67. The second kappa shape index (κ2) is 10.1. The van der Waals surface area contributed by atoms with E-state index in [1.54, 1.807) is 18.5 Å². The number of fused-ring (bicyclic) bond motifs is 1. The smallest absolute Gasteiger partial charge is 0.251 e. The zero-order valence-electron chi connectivity index (χ0n) is 19.4. The fraction of sp³-hybridized carbons (Fsp3) is 0.286. The van der Waals surface area contributed by atoms with Gasteiger partial charge in [-0.1, -0.05) is 36.4 Å². The average molecular weight is 469 g/mol. The Bertz CT molecular complexity index is 1220. The SMILES string of the molecule is O=C(NCc1cccnc1)c1ccc2c(c1)[C@H](C1CCN(C(=O)Cc3ccccc3)CC1)C(=O)N2. The number of amides is 3. The molecule has 3 amide bonds. The maximum Gasteiger partial charge on any atom is 0.251 e. The van der Waals surface area contributed by atoms with Gasteiger partial charge in [0, 0.05) is 43.3 Å². The molecule has 0 aliphatic carbocycles. The van der Waals surface area contributed by atoms with Crippen LogP contribution >= 0.6 is 0 Å². The van der Waals surface area contributed by atoms with Crippen molar-refractivity contribution in [3.63, 3.8) is 0 Å². The van der Waals surface area contributed by atoms with E-state index in [2.05, 4.69) is 15.6 Å². The Morgan fingerprint density at radius 1 is 1.00 bits per heavy atom. The molecule has 1 fully saturated rings. The van der Waals surface area contributed by atoms with Gasteiger partial charge in [0.25, 0.3) is 5.91 Å². The highest BCUT2D eigenvalue weighted by molar-refractivity contribution is 6.04. The Balaban J connectivity index is 1.23. The van der Waals surface area contributed by atoms with Gasteiger partial charge >= 0.3 is 0 Å². The highest BCUT2D eigenvalue weighted by atomic mass is 16.2. The molecular formula is C28H28N4O3. The van der Waals surface area contributed by atoms with Crippen LogP contribution in [-0.4, -0.2) is 40.7 Å². The zero-order valence-corrected chi connectivity index (χ0v) is 19.4. The van der Waals surface area contributed by atoms with Gasteiger partial charge in [-0.15, -0.1) is 0 Å². The van der Waals surface area contributed by atoms with Crippen LogP contribution in [0.15, 0.2) is 73.1 Å². The molecule has 3 aromatic rings. The molecule has 0 bridgehead atoms. The summed E-state index contributed by atoms with van der Waals surface area (Å²) in [5.41, 5.74) is 4.11. The van der Waals surface area contributed by atoms with E-state index in [9.17, 15) is 14.4 Å². The third-order valence-corrected chi connectivity index (χ3v) is 6.93. The van der Waals surface area contributed by atoms with Crippen molar-refractivity contribution in [2.45, 2.75) is 31.7 Å². The lowest BCUT2D eigenvalue weighted by molar-refractivity contribution is -0.132. The molecule has 5 rings (SSSR count). The van der Waals surface area contributed by atoms with Crippen LogP contribution in [-0.2, 0) is 22.6 Å². The summed E-state index contributed by atoms with van der Waals surface area (Å²) in [5.74, 6) is -0.260. The van der Waals surface area contributed by atoms with Gasteiger partial charge in [-0.2, -0.15) is 0 Å². The third kappa shape index (κ3) is 5.09. The normalized spacial score (nSPS) is 17.5. The van der Waals surface area contributed by atoms with E-state index < -0.39 is 0 Å². The van der Waals surface area contributed by atoms with Gasteiger partial charge in [0.05, 0.1) is 12.3 Å². The molecule has 0 spiro atoms. The number of nitrogens with zero attached hydrogens (tertiary/aromatic N) is 2. The first-order valence-corrected chi connectivity index (χ1v) is 12.0. The Kier molecular flexibility index (Phi) is 6.57. The number of hydrogen-bond donors (Lipinski definition) is 2. The van der Waals surface area contributed by atoms with Crippen molar-refractivity contribution >= 4 is 23.4 Å². The summed E-state index contributed by atoms with van der Waals surface area (Å²) < 4.78 is 0. The van der Waals surface area contributed by atoms with E-state index >= 15 is 0 Å². The first-order valence-electron chi connectivity index (χ1n) is 12.0. The van der Waals surface area contributed by atoms with Crippen molar-refractivity contribution in [2.75, 3.05) is 18.4 Å². The van der Waals surface area contributed by atoms with Gasteiger partial charge in [0.15, 0.2) is 0 Å². The van der Waals surface area contributed by atoms with Gasteiger partial charge in [0.2, 0.25) is 11.8 Å². The maximum atomic E-state index is 12.9. The third-order valence-electron chi connectivity index (χ3n) is 6.93. The Morgan fingerprint density at radius 3 is 2.51 bits per heavy atom. The number of carbonyl (C=O) groups excluding carboxylic acids is 3. The number of benzene rings is 2. The van der Waals surface area contributed by atoms with Crippen LogP contribution in [0, 0.1) is 5.92 Å². The quantitative estimate of drug-likeness (QED) is 0.579. The second-order valence-corrected chi connectivity index (χ2v) is 9.19. The van der Waals surface area contributed by atoms with Crippen molar-refractivity contribution < 1.29 is 14.4 Å². The van der Waals surface area contributed by atoms with Crippen molar-refractivity contribution in [1.29, 1.82) is 0 Å². The van der Waals surface area contributed by atoms with Gasteiger partial charge < -0.3 is 15.5 Å². The Morgan fingerprint density at radius 2 is 1.77 bits per heavy atom. The molecule has 2 aliphatic rings. The molecule has 1 aromatic heterocycles.